The summed E-state index contributed by atoms with van der Waals surface area (Å²) in [5.74, 6) is 0.0203. The van der Waals surface area contributed by atoms with Crippen LogP contribution in [0.3, 0.4) is 0 Å². The number of nitrogens with zero attached hydrogens (tertiary/aromatic N) is 2. The van der Waals surface area contributed by atoms with Crippen molar-refractivity contribution in [3.05, 3.63) is 29.8 Å². The quantitative estimate of drug-likeness (QED) is 0.878. The molecule has 1 aromatic carbocycles. The Morgan fingerprint density at radius 1 is 1.30 bits per heavy atom. The number of anilines is 1. The number of amides is 1. The minimum absolute atomic E-state index is 0.0221. The Morgan fingerprint density at radius 2 is 1.96 bits per heavy atom. The van der Waals surface area contributed by atoms with Crippen molar-refractivity contribution in [2.24, 2.45) is 0 Å². The maximum Gasteiger partial charge on any atom is 0.251 e. The molecule has 6 nitrogen and oxygen atoms in total. The van der Waals surface area contributed by atoms with Crippen LogP contribution in [0.4, 0.5) is 5.69 Å². The summed E-state index contributed by atoms with van der Waals surface area (Å²) >= 11 is 0. The second-order valence-electron chi connectivity index (χ2n) is 5.99. The van der Waals surface area contributed by atoms with Crippen molar-refractivity contribution in [1.29, 1.82) is 0 Å². The molecular formula is C16H25N3O3S. The van der Waals surface area contributed by atoms with Gasteiger partial charge in [-0.3, -0.25) is 4.79 Å². The summed E-state index contributed by atoms with van der Waals surface area (Å²) in [4.78, 5) is 14.3. The number of hydrogen-bond acceptors (Lipinski definition) is 4. The smallest absolute Gasteiger partial charge is 0.251 e. The Kier molecular flexibility index (Phi) is 5.64. The molecule has 0 spiro atoms. The van der Waals surface area contributed by atoms with Crippen molar-refractivity contribution >= 4 is 21.6 Å². The van der Waals surface area contributed by atoms with E-state index < -0.39 is 10.0 Å². The SMILES string of the molecule is CCS(=O)(=O)N1CCC(NC(=O)c2cccc(N(C)C)c2)CC1. The van der Waals surface area contributed by atoms with Gasteiger partial charge in [-0.1, -0.05) is 6.07 Å². The van der Waals surface area contributed by atoms with Gasteiger partial charge in [-0.2, -0.15) is 0 Å². The van der Waals surface area contributed by atoms with E-state index in [0.717, 1.165) is 5.69 Å². The van der Waals surface area contributed by atoms with Crippen molar-refractivity contribution in [3.8, 4) is 0 Å². The topological polar surface area (TPSA) is 69.7 Å². The fourth-order valence-corrected chi connectivity index (χ4v) is 3.79. The van der Waals surface area contributed by atoms with E-state index in [1.807, 2.05) is 37.2 Å². The van der Waals surface area contributed by atoms with Crippen LogP contribution in [0.25, 0.3) is 0 Å². The molecule has 0 saturated carbocycles. The number of carbonyl (C=O) groups is 1. The Hall–Kier alpha value is -1.60. The molecule has 0 aromatic heterocycles. The average Bonchev–Trinajstić information content (AvgIpc) is 2.55. The summed E-state index contributed by atoms with van der Waals surface area (Å²) in [6.07, 6.45) is 1.30. The van der Waals surface area contributed by atoms with Gasteiger partial charge in [-0.15, -0.1) is 0 Å². The van der Waals surface area contributed by atoms with Crippen molar-refractivity contribution in [1.82, 2.24) is 9.62 Å². The largest absolute Gasteiger partial charge is 0.378 e. The van der Waals surface area contributed by atoms with Crippen LogP contribution >= 0.6 is 0 Å². The summed E-state index contributed by atoms with van der Waals surface area (Å²) in [6, 6.07) is 7.48. The second-order valence-corrected chi connectivity index (χ2v) is 8.25. The van der Waals surface area contributed by atoms with Gasteiger partial charge in [0.1, 0.15) is 0 Å². The van der Waals surface area contributed by atoms with Crippen molar-refractivity contribution in [2.75, 3.05) is 37.8 Å². The first-order valence-corrected chi connectivity index (χ1v) is 9.50. The van der Waals surface area contributed by atoms with Gasteiger partial charge in [-0.25, -0.2) is 12.7 Å². The van der Waals surface area contributed by atoms with E-state index in [9.17, 15) is 13.2 Å². The lowest BCUT2D eigenvalue weighted by atomic mass is 10.1. The molecule has 1 fully saturated rings. The minimum Gasteiger partial charge on any atom is -0.378 e. The molecule has 7 heteroatoms. The molecule has 1 aliphatic rings. The third-order valence-corrected chi connectivity index (χ3v) is 6.05. The normalized spacial score (nSPS) is 17.0. The summed E-state index contributed by atoms with van der Waals surface area (Å²) in [7, 11) is 0.738. The number of piperidine rings is 1. The number of carbonyl (C=O) groups excluding carboxylic acids is 1. The zero-order valence-electron chi connectivity index (χ0n) is 13.9. The third-order valence-electron chi connectivity index (χ3n) is 4.17. The van der Waals surface area contributed by atoms with Crippen LogP contribution in [0, 0.1) is 0 Å². The van der Waals surface area contributed by atoms with Crippen LogP contribution < -0.4 is 10.2 Å². The molecule has 1 heterocycles. The standard InChI is InChI=1S/C16H25N3O3S/c1-4-23(21,22)19-10-8-14(9-11-19)17-16(20)13-6-5-7-15(12-13)18(2)3/h5-7,12,14H,4,8-11H2,1-3H3,(H,17,20). The van der Waals surface area contributed by atoms with Crippen molar-refractivity contribution in [3.63, 3.8) is 0 Å². The van der Waals surface area contributed by atoms with Gasteiger partial charge in [0.15, 0.2) is 0 Å². The van der Waals surface area contributed by atoms with E-state index in [1.54, 1.807) is 13.0 Å². The van der Waals surface area contributed by atoms with E-state index in [0.29, 0.717) is 31.5 Å². The third kappa shape index (κ3) is 4.45. The molecule has 2 rings (SSSR count). The van der Waals surface area contributed by atoms with Gasteiger partial charge in [0, 0.05) is 44.5 Å². The van der Waals surface area contributed by atoms with Gasteiger partial charge in [0.25, 0.3) is 5.91 Å². The molecule has 1 aromatic rings. The highest BCUT2D eigenvalue weighted by molar-refractivity contribution is 7.89. The van der Waals surface area contributed by atoms with E-state index in [4.69, 9.17) is 0 Å². The van der Waals surface area contributed by atoms with Crippen molar-refractivity contribution in [2.45, 2.75) is 25.8 Å². The van der Waals surface area contributed by atoms with Crippen LogP contribution in [0.2, 0.25) is 0 Å². The number of nitrogens with one attached hydrogen (secondary N) is 1. The molecule has 1 saturated heterocycles. The lowest BCUT2D eigenvalue weighted by Crippen LogP contribution is -2.46. The van der Waals surface area contributed by atoms with E-state index >= 15 is 0 Å². The zero-order chi connectivity index (χ0) is 17.0. The molecule has 1 amide bonds. The number of hydrogen-bond donors (Lipinski definition) is 1. The summed E-state index contributed by atoms with van der Waals surface area (Å²) < 4.78 is 25.2. The van der Waals surface area contributed by atoms with Crippen LogP contribution in [0.1, 0.15) is 30.1 Å². The zero-order valence-corrected chi connectivity index (χ0v) is 14.8. The molecule has 0 atom stereocenters. The molecular weight excluding hydrogens is 314 g/mol. The molecule has 1 aliphatic heterocycles. The van der Waals surface area contributed by atoms with E-state index in [1.165, 1.54) is 4.31 Å². The Balaban J connectivity index is 1.94. The first-order valence-electron chi connectivity index (χ1n) is 7.89. The molecule has 0 radical (unpaired) electrons. The number of benzene rings is 1. The van der Waals surface area contributed by atoms with Gasteiger partial charge >= 0.3 is 0 Å². The highest BCUT2D eigenvalue weighted by Gasteiger charge is 2.27. The molecule has 0 unspecified atom stereocenters. The monoisotopic (exact) mass is 339 g/mol. The van der Waals surface area contributed by atoms with Gasteiger partial charge < -0.3 is 10.2 Å². The predicted molar refractivity (Wildman–Crippen MR) is 92.3 cm³/mol. The Labute approximate surface area is 138 Å². The van der Waals surface area contributed by atoms with Crippen LogP contribution in [0.15, 0.2) is 24.3 Å². The Morgan fingerprint density at radius 3 is 2.52 bits per heavy atom. The number of rotatable bonds is 5. The van der Waals surface area contributed by atoms with Gasteiger partial charge in [0.05, 0.1) is 5.75 Å². The van der Waals surface area contributed by atoms with E-state index in [2.05, 4.69) is 5.32 Å². The Bertz CT molecular complexity index is 650. The average molecular weight is 339 g/mol. The molecule has 1 N–H and O–H groups in total. The van der Waals surface area contributed by atoms with Crippen LogP contribution in [-0.4, -0.2) is 57.6 Å². The first-order chi connectivity index (χ1) is 10.8. The summed E-state index contributed by atoms with van der Waals surface area (Å²) in [5.41, 5.74) is 1.60. The fourth-order valence-electron chi connectivity index (χ4n) is 2.65. The van der Waals surface area contributed by atoms with Crippen molar-refractivity contribution < 1.29 is 13.2 Å². The van der Waals surface area contributed by atoms with E-state index in [-0.39, 0.29) is 17.7 Å². The van der Waals surface area contributed by atoms with Gasteiger partial charge in [0.2, 0.25) is 10.0 Å². The maximum atomic E-state index is 12.4. The second kappa shape index (κ2) is 7.31. The molecule has 0 bridgehead atoms. The lowest BCUT2D eigenvalue weighted by Gasteiger charge is -2.31. The van der Waals surface area contributed by atoms with Gasteiger partial charge in [-0.05, 0) is 38.0 Å². The lowest BCUT2D eigenvalue weighted by molar-refractivity contribution is 0.0924. The minimum atomic E-state index is -3.13. The highest BCUT2D eigenvalue weighted by atomic mass is 32.2. The van der Waals surface area contributed by atoms with Crippen LogP contribution in [0.5, 0.6) is 0 Å². The molecule has 0 aliphatic carbocycles. The molecule has 128 valence electrons. The summed E-state index contributed by atoms with van der Waals surface area (Å²) in [5, 5.41) is 3.01. The number of sulfonamides is 1. The predicted octanol–water partition coefficient (Wildman–Crippen LogP) is 1.30. The van der Waals surface area contributed by atoms with Crippen LogP contribution in [-0.2, 0) is 10.0 Å². The molecule has 23 heavy (non-hydrogen) atoms. The summed E-state index contributed by atoms with van der Waals surface area (Å²) in [6.45, 7) is 2.60. The first kappa shape index (κ1) is 17.7. The maximum absolute atomic E-state index is 12.4. The highest BCUT2D eigenvalue weighted by Crippen LogP contribution is 2.17. The fraction of sp³-hybridized carbons (Fsp3) is 0.562.